The number of anilines is 1. The van der Waals surface area contributed by atoms with Crippen molar-refractivity contribution in [2.75, 3.05) is 12.0 Å². The number of nitrogens with zero attached hydrogens (tertiary/aromatic N) is 2. The number of halogens is 1. The van der Waals surface area contributed by atoms with Gasteiger partial charge in [0.05, 0.1) is 17.8 Å². The Morgan fingerprint density at radius 1 is 1.33 bits per heavy atom. The first-order valence-corrected chi connectivity index (χ1v) is 6.48. The van der Waals surface area contributed by atoms with E-state index < -0.39 is 29.7 Å². The molecule has 0 aliphatic carbocycles. The molecule has 1 N–H and O–H groups in total. The van der Waals surface area contributed by atoms with Crippen molar-refractivity contribution in [2.45, 2.75) is 6.04 Å². The zero-order chi connectivity index (χ0) is 15.1. The number of esters is 1. The van der Waals surface area contributed by atoms with Crippen LogP contribution in [0.5, 0.6) is 0 Å². The summed E-state index contributed by atoms with van der Waals surface area (Å²) in [5.41, 5.74) is 2.70. The highest BCUT2D eigenvalue weighted by molar-refractivity contribution is 6.47. The summed E-state index contributed by atoms with van der Waals surface area (Å²) in [6, 6.07) is 5.60. The average molecular weight is 308 g/mol. The molecule has 0 aromatic heterocycles. The zero-order valence-corrected chi connectivity index (χ0v) is 11.6. The van der Waals surface area contributed by atoms with Gasteiger partial charge in [0, 0.05) is 0 Å². The lowest BCUT2D eigenvalue weighted by molar-refractivity contribution is -0.133. The number of hydrogen-bond donors (Lipinski definition) is 1. The van der Waals surface area contributed by atoms with Gasteiger partial charge in [-0.2, -0.15) is 5.10 Å². The largest absolute Gasteiger partial charge is 0.464 e. The fourth-order valence-electron chi connectivity index (χ4n) is 2.43. The maximum Gasteiger partial charge on any atom is 0.355 e. The molecule has 8 heteroatoms. The molecule has 1 saturated heterocycles. The predicted molar refractivity (Wildman–Crippen MR) is 73.8 cm³/mol. The Bertz CT molecular complexity index is 688. The molecule has 0 unspecified atom stereocenters. The maximum absolute atomic E-state index is 12.5. The Hall–Kier alpha value is -2.41. The van der Waals surface area contributed by atoms with Crippen molar-refractivity contribution in [2.24, 2.45) is 11.0 Å². The van der Waals surface area contributed by atoms with Gasteiger partial charge in [-0.1, -0.05) is 23.7 Å². The van der Waals surface area contributed by atoms with Crippen molar-refractivity contribution in [3.63, 3.8) is 0 Å². The van der Waals surface area contributed by atoms with Crippen molar-refractivity contribution < 1.29 is 19.1 Å². The summed E-state index contributed by atoms with van der Waals surface area (Å²) in [6.45, 7) is 0. The monoisotopic (exact) mass is 307 g/mol. The van der Waals surface area contributed by atoms with Crippen LogP contribution < -0.4 is 10.3 Å². The Kier molecular flexibility index (Phi) is 3.13. The van der Waals surface area contributed by atoms with E-state index in [1.165, 1.54) is 7.11 Å². The summed E-state index contributed by atoms with van der Waals surface area (Å²) in [4.78, 5) is 37.5. The van der Waals surface area contributed by atoms with Gasteiger partial charge in [-0.15, -0.1) is 0 Å². The summed E-state index contributed by atoms with van der Waals surface area (Å²) < 4.78 is 4.57. The summed E-state index contributed by atoms with van der Waals surface area (Å²) >= 11 is 6.03. The van der Waals surface area contributed by atoms with Gasteiger partial charge in [0.2, 0.25) is 5.91 Å². The lowest BCUT2D eigenvalue weighted by atomic mass is 9.99. The number of fused-ring (bicyclic) bond motifs is 1. The third kappa shape index (κ3) is 1.89. The van der Waals surface area contributed by atoms with E-state index in [4.69, 9.17) is 11.6 Å². The highest BCUT2D eigenvalue weighted by Crippen LogP contribution is 2.34. The summed E-state index contributed by atoms with van der Waals surface area (Å²) in [5, 5.41) is 4.01. The van der Waals surface area contributed by atoms with Gasteiger partial charge >= 0.3 is 5.97 Å². The Morgan fingerprint density at radius 3 is 2.71 bits per heavy atom. The molecule has 2 aliphatic rings. The molecule has 7 nitrogen and oxygen atoms in total. The minimum absolute atomic E-state index is 0.101. The number of amides is 2. The van der Waals surface area contributed by atoms with Crippen LogP contribution in [-0.4, -0.2) is 36.6 Å². The molecule has 2 heterocycles. The molecule has 1 fully saturated rings. The predicted octanol–water partition coefficient (Wildman–Crippen LogP) is 0.330. The molecular weight excluding hydrogens is 298 g/mol. The van der Waals surface area contributed by atoms with E-state index in [-0.39, 0.29) is 16.4 Å². The average Bonchev–Trinajstić information content (AvgIpc) is 3.01. The number of hydrazone groups is 1. The number of carbonyl (C=O) groups excluding carboxylic acids is 3. The third-order valence-electron chi connectivity index (χ3n) is 3.41. The van der Waals surface area contributed by atoms with Crippen LogP contribution in [0.2, 0.25) is 5.02 Å². The van der Waals surface area contributed by atoms with E-state index in [1.54, 1.807) is 24.3 Å². The van der Waals surface area contributed by atoms with Gasteiger partial charge in [0.1, 0.15) is 12.0 Å². The lowest BCUT2D eigenvalue weighted by Gasteiger charge is -2.16. The molecule has 2 aliphatic heterocycles. The highest BCUT2D eigenvalue weighted by atomic mass is 35.5. The van der Waals surface area contributed by atoms with Gasteiger partial charge in [0.25, 0.3) is 5.91 Å². The van der Waals surface area contributed by atoms with Gasteiger partial charge in [0.15, 0.2) is 5.71 Å². The van der Waals surface area contributed by atoms with E-state index in [2.05, 4.69) is 15.3 Å². The SMILES string of the molecule is COC(=O)C1=NN[C@H]2C(=O)N(c3ccccc3Cl)C(=O)[C@@H]12. The second-order valence-electron chi connectivity index (χ2n) is 4.54. The molecule has 0 saturated carbocycles. The lowest BCUT2D eigenvalue weighted by Crippen LogP contribution is -2.36. The van der Waals surface area contributed by atoms with Gasteiger partial charge in [-0.05, 0) is 12.1 Å². The molecule has 2 amide bonds. The van der Waals surface area contributed by atoms with Gasteiger partial charge < -0.3 is 4.74 Å². The molecule has 2 atom stereocenters. The van der Waals surface area contributed by atoms with Crippen LogP contribution in [0.4, 0.5) is 5.69 Å². The van der Waals surface area contributed by atoms with E-state index >= 15 is 0 Å². The molecular formula is C13H10ClN3O4. The minimum atomic E-state index is -0.985. The third-order valence-corrected chi connectivity index (χ3v) is 3.73. The van der Waals surface area contributed by atoms with Crippen LogP contribution in [0, 0.1) is 5.92 Å². The Labute approximate surface area is 124 Å². The number of para-hydroxylation sites is 1. The molecule has 108 valence electrons. The van der Waals surface area contributed by atoms with E-state index in [0.29, 0.717) is 0 Å². The van der Waals surface area contributed by atoms with E-state index in [0.717, 1.165) is 4.90 Å². The Morgan fingerprint density at radius 2 is 2.05 bits per heavy atom. The number of rotatable bonds is 2. The molecule has 1 aromatic carbocycles. The topological polar surface area (TPSA) is 88.1 Å². The fraction of sp³-hybridized carbons (Fsp3) is 0.231. The number of ether oxygens (including phenoxy) is 1. The van der Waals surface area contributed by atoms with Crippen molar-refractivity contribution in [3.05, 3.63) is 29.3 Å². The first-order valence-electron chi connectivity index (χ1n) is 6.10. The van der Waals surface area contributed by atoms with Gasteiger partial charge in [-0.25, -0.2) is 9.69 Å². The maximum atomic E-state index is 12.5. The number of methoxy groups -OCH3 is 1. The standard InChI is InChI=1S/C13H10ClN3O4/c1-21-13(20)10-8-9(15-16-10)12(19)17(11(8)18)7-5-3-2-4-6(7)14/h2-5,8-9,15H,1H3/t8-,9-/m1/s1. The molecule has 0 bridgehead atoms. The molecule has 0 spiro atoms. The first-order chi connectivity index (χ1) is 10.1. The van der Waals surface area contributed by atoms with Crippen LogP contribution in [-0.2, 0) is 19.1 Å². The minimum Gasteiger partial charge on any atom is -0.464 e. The summed E-state index contributed by atoms with van der Waals surface area (Å²) in [6.07, 6.45) is 0. The van der Waals surface area contributed by atoms with Crippen LogP contribution in [0.3, 0.4) is 0 Å². The van der Waals surface area contributed by atoms with Crippen molar-refractivity contribution in [1.82, 2.24) is 5.43 Å². The normalized spacial score (nSPS) is 23.7. The summed E-state index contributed by atoms with van der Waals surface area (Å²) in [7, 11) is 1.19. The first kappa shape index (κ1) is 13.6. The van der Waals surface area contributed by atoms with Crippen molar-refractivity contribution in [3.8, 4) is 0 Å². The van der Waals surface area contributed by atoms with Gasteiger partial charge in [-0.3, -0.25) is 15.0 Å². The van der Waals surface area contributed by atoms with Crippen LogP contribution >= 0.6 is 11.6 Å². The molecule has 21 heavy (non-hydrogen) atoms. The fourth-order valence-corrected chi connectivity index (χ4v) is 2.65. The molecule has 1 aromatic rings. The molecule has 3 rings (SSSR count). The van der Waals surface area contributed by atoms with E-state index in [1.807, 2.05) is 0 Å². The van der Waals surface area contributed by atoms with Crippen LogP contribution in [0.25, 0.3) is 0 Å². The highest BCUT2D eigenvalue weighted by Gasteiger charge is 2.55. The molecule has 0 radical (unpaired) electrons. The van der Waals surface area contributed by atoms with Crippen LogP contribution in [0.1, 0.15) is 0 Å². The Balaban J connectivity index is 2.00. The number of nitrogens with one attached hydrogen (secondary N) is 1. The second-order valence-corrected chi connectivity index (χ2v) is 4.94. The van der Waals surface area contributed by atoms with Crippen LogP contribution in [0.15, 0.2) is 29.4 Å². The van der Waals surface area contributed by atoms with Crippen molar-refractivity contribution >= 4 is 40.8 Å². The zero-order valence-electron chi connectivity index (χ0n) is 10.9. The smallest absolute Gasteiger partial charge is 0.355 e. The van der Waals surface area contributed by atoms with Crippen molar-refractivity contribution in [1.29, 1.82) is 0 Å². The summed E-state index contributed by atoms with van der Waals surface area (Å²) in [5.74, 6) is -2.77. The number of benzene rings is 1. The number of carbonyl (C=O) groups is 3. The quantitative estimate of drug-likeness (QED) is 0.628. The van der Waals surface area contributed by atoms with E-state index in [9.17, 15) is 14.4 Å². The number of imide groups is 1. The second kappa shape index (κ2) is 4.85. The number of hydrogen-bond acceptors (Lipinski definition) is 6.